The Morgan fingerprint density at radius 1 is 1.16 bits per heavy atom. The zero-order valence-corrected chi connectivity index (χ0v) is 29.5. The summed E-state index contributed by atoms with van der Waals surface area (Å²) in [5.41, 5.74) is 2.53. The van der Waals surface area contributed by atoms with Gasteiger partial charge < -0.3 is 39.3 Å². The Labute approximate surface area is 300 Å². The Hall–Kier alpha value is -1.91. The van der Waals surface area contributed by atoms with Crippen LogP contribution in [0.2, 0.25) is 0 Å². The average Bonchev–Trinajstić information content (AvgIpc) is 3.67. The summed E-state index contributed by atoms with van der Waals surface area (Å²) in [5, 5.41) is 39.3. The number of rotatable bonds is 9. The van der Waals surface area contributed by atoms with E-state index >= 15 is 4.39 Å². The van der Waals surface area contributed by atoms with Crippen LogP contribution in [-0.2, 0) is 14.4 Å². The van der Waals surface area contributed by atoms with Crippen LogP contribution in [0.4, 0.5) is 10.1 Å². The molecule has 3 fully saturated rings. The summed E-state index contributed by atoms with van der Waals surface area (Å²) >= 11 is 1.29. The molecule has 2 unspecified atom stereocenters. The fourth-order valence-electron chi connectivity index (χ4n) is 6.32. The number of carboxylic acid groups (broad SMARTS) is 2. The minimum absolute atomic E-state index is 0. The van der Waals surface area contributed by atoms with Crippen LogP contribution >= 0.6 is 11.8 Å². The molecule has 4 heterocycles. The van der Waals surface area contributed by atoms with Gasteiger partial charge in [0.2, 0.25) is 5.91 Å². The maximum atomic E-state index is 15.1. The van der Waals surface area contributed by atoms with Crippen molar-refractivity contribution in [2.75, 3.05) is 36.8 Å². The fourth-order valence-corrected chi connectivity index (χ4v) is 7.05. The van der Waals surface area contributed by atoms with Crippen LogP contribution in [0.5, 0.6) is 0 Å². The van der Waals surface area contributed by atoms with Crippen LogP contribution < -0.4 is 79.7 Å². The summed E-state index contributed by atoms with van der Waals surface area (Å²) < 4.78 is 16.9. The van der Waals surface area contributed by atoms with Crippen molar-refractivity contribution in [2.24, 2.45) is 16.9 Å². The zero-order chi connectivity index (χ0) is 29.9. The Bertz CT molecular complexity index is 1610. The molecule has 1 aromatic carbocycles. The maximum Gasteiger partial charge on any atom is 1.00 e. The second-order valence-corrected chi connectivity index (χ2v) is 11.9. The molecule has 4 aliphatic rings. The molecule has 1 amide bonds. The molecule has 2 aromatic rings. The van der Waals surface area contributed by atoms with E-state index in [1.54, 1.807) is 22.4 Å². The smallest absolute Gasteiger partial charge is 0.550 e. The van der Waals surface area contributed by atoms with Crippen LogP contribution in [0.25, 0.3) is 10.9 Å². The number of carbonyl (C=O) groups is 3. The number of aliphatic hydroxyl groups excluding tert-OH is 1. The van der Waals surface area contributed by atoms with Gasteiger partial charge in [-0.25, -0.2) is 4.39 Å². The van der Waals surface area contributed by atoms with E-state index in [0.29, 0.717) is 61.6 Å². The van der Waals surface area contributed by atoms with Crippen molar-refractivity contribution in [3.05, 3.63) is 51.7 Å². The van der Waals surface area contributed by atoms with Gasteiger partial charge in [0.25, 0.3) is 0 Å². The van der Waals surface area contributed by atoms with Crippen molar-refractivity contribution in [1.29, 1.82) is 0 Å². The molecule has 44 heavy (non-hydrogen) atoms. The van der Waals surface area contributed by atoms with Gasteiger partial charge in [-0.2, -0.15) is 5.10 Å². The number of pyridine rings is 1. The number of fused-ring (bicyclic) bond motifs is 2. The van der Waals surface area contributed by atoms with Gasteiger partial charge in [0.1, 0.15) is 5.82 Å². The molecule has 0 bridgehead atoms. The molecule has 12 nitrogen and oxygen atoms in total. The molecule has 1 aromatic heterocycles. The number of amides is 1. The summed E-state index contributed by atoms with van der Waals surface area (Å²) in [5.74, 6) is -4.44. The topological polar surface area (TPSA) is 162 Å². The van der Waals surface area contributed by atoms with Gasteiger partial charge in [0.15, 0.2) is 5.43 Å². The predicted octanol–water partition coefficient (Wildman–Crippen LogP) is -7.13. The number of carboxylic acids is 2. The maximum absolute atomic E-state index is 15.1. The molecule has 1 saturated carbocycles. The van der Waals surface area contributed by atoms with E-state index in [9.17, 15) is 34.5 Å². The molecule has 1 aliphatic carbocycles. The molecule has 0 spiro atoms. The van der Waals surface area contributed by atoms with E-state index in [4.69, 9.17) is 0 Å². The molecule has 6 rings (SSSR count). The quantitative estimate of drug-likeness (QED) is 0.120. The standard InChI is InChI=1S/C28H30FN5O7S.2Na/c1-14(35)24-22-8-15(25(28(40)41)34(22)26(24)37)12-42-13-30-32-6-4-31(5-7-32)21-11-20-16(9-18(21)29)23(36)2-3-33(20)19-10-17(19)27(38)39;;/h2-3,9,11,13-14,17,19,22,24,35H,4-8,10,12H2,1H3,(H,38,39)(H,40,41);;/q;2*+1/p-2/t14-,17?,19?,22-,24+;;/m1../s1. The van der Waals surface area contributed by atoms with E-state index in [1.807, 2.05) is 9.91 Å². The van der Waals surface area contributed by atoms with E-state index in [1.165, 1.54) is 35.7 Å². The van der Waals surface area contributed by atoms with Crippen molar-refractivity contribution >= 4 is 51.7 Å². The number of piperazine rings is 1. The van der Waals surface area contributed by atoms with Crippen molar-refractivity contribution in [3.63, 3.8) is 0 Å². The number of benzene rings is 1. The van der Waals surface area contributed by atoms with Gasteiger partial charge >= 0.3 is 59.1 Å². The largest absolute Gasteiger partial charge is 1.00 e. The van der Waals surface area contributed by atoms with Gasteiger partial charge in [-0.1, -0.05) is 0 Å². The molecule has 3 aliphatic heterocycles. The first-order valence-electron chi connectivity index (χ1n) is 13.7. The van der Waals surface area contributed by atoms with E-state index in [2.05, 4.69) is 5.10 Å². The fraction of sp³-hybridized carbons (Fsp3) is 0.464. The van der Waals surface area contributed by atoms with Crippen LogP contribution in [0.3, 0.4) is 0 Å². The number of nitrogens with zero attached hydrogens (tertiary/aromatic N) is 5. The number of aliphatic hydroxyl groups is 1. The van der Waals surface area contributed by atoms with Gasteiger partial charge in [0.05, 0.1) is 59.6 Å². The molecule has 222 valence electrons. The minimum atomic E-state index is -1.41. The number of anilines is 1. The molecule has 16 heteroatoms. The summed E-state index contributed by atoms with van der Waals surface area (Å²) in [4.78, 5) is 50.8. The van der Waals surface area contributed by atoms with Crippen molar-refractivity contribution < 1.29 is 93.2 Å². The normalized spacial score (nSPS) is 25.0. The first-order chi connectivity index (χ1) is 20.1. The summed E-state index contributed by atoms with van der Waals surface area (Å²) in [7, 11) is 0. The number of hydrazone groups is 1. The van der Waals surface area contributed by atoms with Crippen LogP contribution in [0.1, 0.15) is 25.8 Å². The molecule has 5 atom stereocenters. The number of β-lactam (4-membered cyclic amide) rings is 1. The monoisotopic (exact) mass is 643 g/mol. The van der Waals surface area contributed by atoms with Gasteiger partial charge in [0, 0.05) is 54.4 Å². The molecule has 1 N–H and O–H groups in total. The van der Waals surface area contributed by atoms with Gasteiger partial charge in [-0.05, 0) is 37.5 Å². The molecule has 2 saturated heterocycles. The minimum Gasteiger partial charge on any atom is -0.550 e. The first kappa shape index (κ1) is 35.0. The number of halogens is 1. The Balaban J connectivity index is 0.00000221. The number of thioether (sulfide) groups is 1. The number of carbonyl (C=O) groups excluding carboxylic acids is 3. The van der Waals surface area contributed by atoms with Gasteiger partial charge in [-0.3, -0.25) is 14.6 Å². The average molecular weight is 644 g/mol. The summed E-state index contributed by atoms with van der Waals surface area (Å²) in [6, 6.07) is 3.43. The van der Waals surface area contributed by atoms with Crippen molar-refractivity contribution in [3.8, 4) is 0 Å². The molecular weight excluding hydrogens is 615 g/mol. The Morgan fingerprint density at radius 3 is 2.48 bits per heavy atom. The second-order valence-electron chi connectivity index (χ2n) is 11.1. The second kappa shape index (κ2) is 13.8. The summed E-state index contributed by atoms with van der Waals surface area (Å²) in [6.07, 6.45) is 1.45. The van der Waals surface area contributed by atoms with Crippen LogP contribution in [-0.4, -0.2) is 87.1 Å². The number of hydrogen-bond acceptors (Lipinski definition) is 11. The molecular formula is C28H28FN5Na2O7S. The SMILES string of the molecule is C[C@@H](O)[C@@H]1C(=O)N2C(C(=O)[O-])=C(CSC=NN3CCN(c4cc5c(cc4F)c(=O)ccn5C4CC4C(=O)[O-])CC3)C[C@H]12.[Na+].[Na+]. The third-order valence-electron chi connectivity index (χ3n) is 8.56. The van der Waals surface area contributed by atoms with E-state index in [-0.39, 0.29) is 87.7 Å². The number of hydrogen-bond donors (Lipinski definition) is 1. The Kier molecular flexibility index (Phi) is 11.0. The number of aromatic nitrogens is 1. The third kappa shape index (κ3) is 6.37. The zero-order valence-electron chi connectivity index (χ0n) is 24.6. The Morgan fingerprint density at radius 2 is 1.86 bits per heavy atom. The first-order valence-corrected chi connectivity index (χ1v) is 14.8. The van der Waals surface area contributed by atoms with Crippen molar-refractivity contribution in [2.45, 2.75) is 38.0 Å². The number of aliphatic carboxylic acids is 2. The predicted molar refractivity (Wildman–Crippen MR) is 148 cm³/mol. The third-order valence-corrected chi connectivity index (χ3v) is 9.32. The molecule has 0 radical (unpaired) electrons. The van der Waals surface area contributed by atoms with E-state index in [0.717, 1.165) is 0 Å². The van der Waals surface area contributed by atoms with Gasteiger partial charge in [-0.15, -0.1) is 11.8 Å². The van der Waals surface area contributed by atoms with Crippen molar-refractivity contribution in [1.82, 2.24) is 14.5 Å². The summed E-state index contributed by atoms with van der Waals surface area (Å²) in [6.45, 7) is 3.39. The van der Waals surface area contributed by atoms with E-state index < -0.39 is 41.6 Å². The van der Waals surface area contributed by atoms with Crippen LogP contribution in [0.15, 0.2) is 45.6 Å². The van der Waals surface area contributed by atoms with Crippen LogP contribution in [0, 0.1) is 17.7 Å².